The predicted molar refractivity (Wildman–Crippen MR) is 70.6 cm³/mol. The van der Waals surface area contributed by atoms with Crippen LogP contribution in [-0.2, 0) is 0 Å². The lowest BCUT2D eigenvalue weighted by Gasteiger charge is -2.20. The normalized spacial score (nSPS) is 21.5. The largest absolute Gasteiger partial charge is 0.311 e. The van der Waals surface area contributed by atoms with Gasteiger partial charge in [-0.25, -0.2) is 0 Å². The van der Waals surface area contributed by atoms with Gasteiger partial charge < -0.3 is 5.32 Å². The van der Waals surface area contributed by atoms with Crippen molar-refractivity contribution in [3.05, 3.63) is 41.0 Å². The Morgan fingerprint density at radius 3 is 2.56 bits per heavy atom. The van der Waals surface area contributed by atoms with Gasteiger partial charge in [-0.1, -0.05) is 36.8 Å². The number of rotatable bonds is 2. The van der Waals surface area contributed by atoms with E-state index in [9.17, 15) is 0 Å². The van der Waals surface area contributed by atoms with Gasteiger partial charge in [0.2, 0.25) is 0 Å². The van der Waals surface area contributed by atoms with E-state index in [-0.39, 0.29) is 0 Å². The van der Waals surface area contributed by atoms with Gasteiger partial charge in [0.05, 0.1) is 0 Å². The summed E-state index contributed by atoms with van der Waals surface area (Å²) in [6, 6.07) is 7.07. The number of hydrogen-bond acceptors (Lipinski definition) is 1. The van der Waals surface area contributed by atoms with Crippen LogP contribution < -0.4 is 5.32 Å². The molecule has 1 fully saturated rings. The summed E-state index contributed by atoms with van der Waals surface area (Å²) in [5.74, 6) is 0. The van der Waals surface area contributed by atoms with Crippen LogP contribution in [0.15, 0.2) is 24.3 Å². The van der Waals surface area contributed by atoms with Gasteiger partial charge in [-0.05, 0) is 49.9 Å². The molecule has 1 heteroatoms. The third kappa shape index (κ3) is 2.73. The van der Waals surface area contributed by atoms with Crippen molar-refractivity contribution in [2.24, 2.45) is 0 Å². The summed E-state index contributed by atoms with van der Waals surface area (Å²) in [5, 5.41) is 3.54. The summed E-state index contributed by atoms with van der Waals surface area (Å²) in [7, 11) is 0. The molecule has 0 aromatic heterocycles. The summed E-state index contributed by atoms with van der Waals surface area (Å²) in [6.07, 6.45) is 8.58. The van der Waals surface area contributed by atoms with E-state index >= 15 is 0 Å². The van der Waals surface area contributed by atoms with Crippen molar-refractivity contribution < 1.29 is 0 Å². The third-order valence-corrected chi connectivity index (χ3v) is 3.39. The van der Waals surface area contributed by atoms with E-state index in [2.05, 4.69) is 49.5 Å². The Balaban J connectivity index is 2.10. The Morgan fingerprint density at radius 1 is 1.19 bits per heavy atom. The molecule has 1 heterocycles. The second-order valence-electron chi connectivity index (χ2n) is 4.72. The average molecular weight is 215 g/mol. The Morgan fingerprint density at radius 2 is 1.94 bits per heavy atom. The molecule has 2 rings (SSSR count). The quantitative estimate of drug-likeness (QED) is 0.796. The number of benzene rings is 1. The van der Waals surface area contributed by atoms with Crippen molar-refractivity contribution in [2.75, 3.05) is 6.54 Å². The maximum Gasteiger partial charge on any atom is 0.0253 e. The van der Waals surface area contributed by atoms with Gasteiger partial charge in [0.25, 0.3) is 0 Å². The zero-order valence-electron chi connectivity index (χ0n) is 10.3. The minimum absolute atomic E-state index is 0.577. The SMILES string of the molecule is Cc1cccc(C)c1C=CC1CCCCN1. The molecule has 1 aromatic carbocycles. The van der Waals surface area contributed by atoms with Gasteiger partial charge >= 0.3 is 0 Å². The van der Waals surface area contributed by atoms with Gasteiger partial charge in [0, 0.05) is 6.04 Å². The van der Waals surface area contributed by atoms with Crippen LogP contribution in [0.1, 0.15) is 36.0 Å². The van der Waals surface area contributed by atoms with Gasteiger partial charge in [-0.2, -0.15) is 0 Å². The lowest BCUT2D eigenvalue weighted by molar-refractivity contribution is 0.455. The molecule has 86 valence electrons. The average Bonchev–Trinajstić information content (AvgIpc) is 2.30. The molecule has 16 heavy (non-hydrogen) atoms. The van der Waals surface area contributed by atoms with Crippen molar-refractivity contribution in [3.63, 3.8) is 0 Å². The van der Waals surface area contributed by atoms with Crippen LogP contribution in [0.2, 0.25) is 0 Å². The zero-order valence-corrected chi connectivity index (χ0v) is 10.3. The monoisotopic (exact) mass is 215 g/mol. The van der Waals surface area contributed by atoms with Crippen LogP contribution >= 0.6 is 0 Å². The highest BCUT2D eigenvalue weighted by atomic mass is 14.9. The molecule has 0 spiro atoms. The number of piperidine rings is 1. The number of nitrogens with one attached hydrogen (secondary N) is 1. The smallest absolute Gasteiger partial charge is 0.0253 e. The Labute approximate surface area is 98.6 Å². The molecule has 0 aliphatic carbocycles. The molecular formula is C15H21N. The Kier molecular flexibility index (Phi) is 3.79. The predicted octanol–water partition coefficient (Wildman–Crippen LogP) is 3.46. The Bertz CT molecular complexity index is 353. The second-order valence-corrected chi connectivity index (χ2v) is 4.72. The molecule has 0 amide bonds. The Hall–Kier alpha value is -1.08. The lowest BCUT2D eigenvalue weighted by atomic mass is 9.99. The van der Waals surface area contributed by atoms with Crippen LogP contribution in [0.4, 0.5) is 0 Å². The molecule has 1 atom stereocenters. The van der Waals surface area contributed by atoms with E-state index in [0.717, 1.165) is 0 Å². The zero-order chi connectivity index (χ0) is 11.4. The molecule has 1 aliphatic rings. The molecule has 0 radical (unpaired) electrons. The summed E-state index contributed by atoms with van der Waals surface area (Å²) >= 11 is 0. The minimum Gasteiger partial charge on any atom is -0.311 e. The first-order valence-electron chi connectivity index (χ1n) is 6.25. The number of hydrogen-bond donors (Lipinski definition) is 1. The maximum atomic E-state index is 3.54. The molecule has 0 bridgehead atoms. The van der Waals surface area contributed by atoms with Gasteiger partial charge in [-0.3, -0.25) is 0 Å². The van der Waals surface area contributed by atoms with Gasteiger partial charge in [0.1, 0.15) is 0 Å². The molecule has 1 nitrogen and oxygen atoms in total. The van der Waals surface area contributed by atoms with Crippen molar-refractivity contribution >= 4 is 6.08 Å². The summed E-state index contributed by atoms with van der Waals surface area (Å²) in [5.41, 5.74) is 4.12. The maximum absolute atomic E-state index is 3.54. The fourth-order valence-electron chi connectivity index (χ4n) is 2.35. The third-order valence-electron chi connectivity index (χ3n) is 3.39. The highest BCUT2D eigenvalue weighted by molar-refractivity contribution is 5.57. The molecule has 1 N–H and O–H groups in total. The summed E-state index contributed by atoms with van der Waals surface area (Å²) in [4.78, 5) is 0. The first-order valence-corrected chi connectivity index (χ1v) is 6.25. The van der Waals surface area contributed by atoms with Crippen LogP contribution in [0.3, 0.4) is 0 Å². The summed E-state index contributed by atoms with van der Waals surface area (Å²) < 4.78 is 0. The minimum atomic E-state index is 0.577. The molecule has 1 saturated heterocycles. The van der Waals surface area contributed by atoms with Gasteiger partial charge in [0.15, 0.2) is 0 Å². The van der Waals surface area contributed by atoms with Crippen LogP contribution in [-0.4, -0.2) is 12.6 Å². The highest BCUT2D eigenvalue weighted by Gasteiger charge is 2.08. The first kappa shape index (κ1) is 11.4. The fourth-order valence-corrected chi connectivity index (χ4v) is 2.35. The topological polar surface area (TPSA) is 12.0 Å². The fraction of sp³-hybridized carbons (Fsp3) is 0.467. The standard InChI is InChI=1S/C15H21N/c1-12-6-5-7-13(2)15(12)10-9-14-8-3-4-11-16-14/h5-7,9-10,14,16H,3-4,8,11H2,1-2H3. The lowest BCUT2D eigenvalue weighted by Crippen LogP contribution is -2.32. The summed E-state index contributed by atoms with van der Waals surface area (Å²) in [6.45, 7) is 5.53. The van der Waals surface area contributed by atoms with Crippen LogP contribution in [0, 0.1) is 13.8 Å². The van der Waals surface area contributed by atoms with Gasteiger partial charge in [-0.15, -0.1) is 0 Å². The number of aryl methyl sites for hydroxylation is 2. The molecular weight excluding hydrogens is 194 g/mol. The first-order chi connectivity index (χ1) is 7.77. The van der Waals surface area contributed by atoms with Crippen molar-refractivity contribution in [1.29, 1.82) is 0 Å². The van der Waals surface area contributed by atoms with E-state index in [1.807, 2.05) is 0 Å². The van der Waals surface area contributed by atoms with Crippen molar-refractivity contribution in [1.82, 2.24) is 5.32 Å². The van der Waals surface area contributed by atoms with Crippen LogP contribution in [0.5, 0.6) is 0 Å². The van der Waals surface area contributed by atoms with E-state index in [1.54, 1.807) is 0 Å². The highest BCUT2D eigenvalue weighted by Crippen LogP contribution is 2.16. The van der Waals surface area contributed by atoms with E-state index in [1.165, 1.54) is 42.5 Å². The van der Waals surface area contributed by atoms with Crippen molar-refractivity contribution in [3.8, 4) is 0 Å². The molecule has 0 saturated carbocycles. The second kappa shape index (κ2) is 5.31. The van der Waals surface area contributed by atoms with E-state index in [0.29, 0.717) is 6.04 Å². The molecule has 1 unspecified atom stereocenters. The van der Waals surface area contributed by atoms with Crippen LogP contribution in [0.25, 0.3) is 6.08 Å². The van der Waals surface area contributed by atoms with E-state index < -0.39 is 0 Å². The molecule has 1 aliphatic heterocycles. The van der Waals surface area contributed by atoms with E-state index in [4.69, 9.17) is 0 Å². The van der Waals surface area contributed by atoms with Crippen molar-refractivity contribution in [2.45, 2.75) is 39.2 Å². The molecule has 1 aromatic rings.